The number of thioether (sulfide) groups is 1. The van der Waals surface area contributed by atoms with Crippen molar-refractivity contribution in [3.63, 3.8) is 0 Å². The number of nitrogens with zero attached hydrogens (tertiary/aromatic N) is 5. The number of aliphatic carboxylic acids is 2. The molecule has 5 rings (SSSR count). The van der Waals surface area contributed by atoms with Gasteiger partial charge >= 0.3 is 5.97 Å². The molecule has 0 unspecified atom stereocenters. The lowest BCUT2D eigenvalue weighted by atomic mass is 10.0. The largest absolute Gasteiger partial charge is 0.543 e. The number of thiazole rings is 1. The highest BCUT2D eigenvalue weighted by atomic mass is 35.5. The molecule has 2 aliphatic rings. The molecule has 15 nitrogen and oxygen atoms in total. The highest BCUT2D eigenvalue weighted by Gasteiger charge is 2.53. The fourth-order valence-electron chi connectivity index (χ4n) is 4.33. The molecule has 0 bridgehead atoms. The van der Waals surface area contributed by atoms with Gasteiger partial charge in [0.25, 0.3) is 11.8 Å². The summed E-state index contributed by atoms with van der Waals surface area (Å²) in [4.78, 5) is 59.6. The van der Waals surface area contributed by atoms with E-state index in [4.69, 9.17) is 27.3 Å². The van der Waals surface area contributed by atoms with Gasteiger partial charge in [-0.3, -0.25) is 14.5 Å². The molecule has 214 valence electrons. The van der Waals surface area contributed by atoms with E-state index in [1.807, 2.05) is 0 Å². The van der Waals surface area contributed by atoms with Crippen molar-refractivity contribution >= 4 is 80.3 Å². The number of nitrogens with two attached hydrogens (primary N) is 1. The first-order valence-corrected chi connectivity index (χ1v) is 14.0. The summed E-state index contributed by atoms with van der Waals surface area (Å²) in [6.07, 6.45) is 1.74. The van der Waals surface area contributed by atoms with Crippen molar-refractivity contribution < 1.29 is 44.0 Å². The Balaban J connectivity index is 1.39. The predicted octanol–water partition coefficient (Wildman–Crippen LogP) is -0.844. The minimum Gasteiger partial charge on any atom is -0.543 e. The lowest BCUT2D eigenvalue weighted by Gasteiger charge is -2.50. The number of pyridine rings is 1. The minimum atomic E-state index is -1.56. The average molecular weight is 622 g/mol. The second-order valence-corrected chi connectivity index (χ2v) is 11.6. The van der Waals surface area contributed by atoms with E-state index >= 15 is 0 Å². The Labute approximate surface area is 243 Å². The molecule has 3 aromatic rings. The summed E-state index contributed by atoms with van der Waals surface area (Å²) >= 11 is 8.20. The van der Waals surface area contributed by atoms with Crippen molar-refractivity contribution in [3.8, 4) is 0 Å². The van der Waals surface area contributed by atoms with Gasteiger partial charge in [0.15, 0.2) is 29.1 Å². The van der Waals surface area contributed by atoms with Crippen molar-refractivity contribution in [2.24, 2.45) is 5.16 Å². The Morgan fingerprint density at radius 1 is 1.41 bits per heavy atom. The van der Waals surface area contributed by atoms with E-state index in [1.165, 1.54) is 24.9 Å². The van der Waals surface area contributed by atoms with Crippen LogP contribution in [0.5, 0.6) is 0 Å². The Hall–Kier alpha value is -4.35. The topological polar surface area (TPSA) is 216 Å². The summed E-state index contributed by atoms with van der Waals surface area (Å²) in [7, 11) is 0. The Bertz CT molecular complexity index is 1670. The molecular formula is C23H20ClN7O8S2. The van der Waals surface area contributed by atoms with Gasteiger partial charge in [0, 0.05) is 23.5 Å². The first-order valence-electron chi connectivity index (χ1n) is 11.7. The van der Waals surface area contributed by atoms with Gasteiger partial charge in [-0.05, 0) is 13.0 Å². The number of aromatic nitrogens is 3. The first-order chi connectivity index (χ1) is 19.5. The number of nitrogen functional groups attached to an aromatic ring is 1. The third-order valence-corrected chi connectivity index (χ3v) is 8.72. The molecule has 41 heavy (non-hydrogen) atoms. The number of fused-ring (bicyclic) bond motifs is 2. The number of rotatable bonds is 9. The second-order valence-electron chi connectivity index (χ2n) is 8.87. The van der Waals surface area contributed by atoms with E-state index in [9.17, 15) is 29.5 Å². The van der Waals surface area contributed by atoms with Crippen LogP contribution in [0, 0.1) is 0 Å². The maximum atomic E-state index is 13.2. The van der Waals surface area contributed by atoms with Gasteiger partial charge in [-0.25, -0.2) is 9.78 Å². The number of anilines is 1. The molecule has 3 aromatic heterocycles. The number of carboxylic acids is 2. The number of carbonyl (C=O) groups is 4. The predicted molar refractivity (Wildman–Crippen MR) is 143 cm³/mol. The van der Waals surface area contributed by atoms with Crippen LogP contribution >= 0.6 is 34.7 Å². The smallest absolute Gasteiger partial charge is 0.347 e. The quantitative estimate of drug-likeness (QED) is 0.0759. The molecule has 1 saturated heterocycles. The molecule has 0 saturated carbocycles. The summed E-state index contributed by atoms with van der Waals surface area (Å²) in [6.45, 7) is 1.29. The molecule has 2 aliphatic heterocycles. The van der Waals surface area contributed by atoms with Crippen LogP contribution < -0.4 is 20.7 Å². The van der Waals surface area contributed by atoms with Crippen molar-refractivity contribution in [2.75, 3.05) is 11.5 Å². The monoisotopic (exact) mass is 621 g/mol. The highest BCUT2D eigenvalue weighted by Crippen LogP contribution is 2.40. The van der Waals surface area contributed by atoms with Crippen LogP contribution in [0.4, 0.5) is 5.13 Å². The summed E-state index contributed by atoms with van der Waals surface area (Å²) in [6, 6.07) is 3.89. The number of amides is 2. The molecule has 3 atom stereocenters. The van der Waals surface area contributed by atoms with Gasteiger partial charge in [-0.15, -0.1) is 11.8 Å². The zero-order valence-corrected chi connectivity index (χ0v) is 23.3. The van der Waals surface area contributed by atoms with E-state index in [0.29, 0.717) is 16.6 Å². The third kappa shape index (κ3) is 5.14. The van der Waals surface area contributed by atoms with Crippen molar-refractivity contribution in [1.29, 1.82) is 0 Å². The zero-order chi connectivity index (χ0) is 29.6. The van der Waals surface area contributed by atoms with Crippen LogP contribution in [0.3, 0.4) is 0 Å². The van der Waals surface area contributed by atoms with Crippen LogP contribution in [0.25, 0.3) is 11.0 Å². The zero-order valence-electron chi connectivity index (χ0n) is 20.9. The fourth-order valence-corrected chi connectivity index (χ4v) is 6.59. The van der Waals surface area contributed by atoms with Crippen LogP contribution in [0.15, 0.2) is 47.0 Å². The number of carbonyl (C=O) groups excluding carboxylic acids is 3. The van der Waals surface area contributed by atoms with Crippen molar-refractivity contribution in [2.45, 2.75) is 31.0 Å². The van der Waals surface area contributed by atoms with E-state index in [2.05, 4.69) is 15.5 Å². The van der Waals surface area contributed by atoms with Gasteiger partial charge in [0.2, 0.25) is 11.6 Å². The Morgan fingerprint density at radius 3 is 2.83 bits per heavy atom. The summed E-state index contributed by atoms with van der Waals surface area (Å²) in [5.41, 5.74) is 6.22. The Kier molecular flexibility index (Phi) is 7.50. The highest BCUT2D eigenvalue weighted by molar-refractivity contribution is 8.00. The van der Waals surface area contributed by atoms with Crippen LogP contribution in [0.1, 0.15) is 12.6 Å². The summed E-state index contributed by atoms with van der Waals surface area (Å²) in [5, 5.41) is 36.6. The number of hydrogen-bond donors (Lipinski definition) is 4. The SMILES string of the molecule is C[C@H](O/N=C(\C(=O)N[C@@H]1C(=O)N2C(C(=O)[O-])=C(C[n+]3cccc4c3ccn4O)CS[C@H]12)c1nc(N)sc1Cl)C(=O)O. The molecule has 2 amide bonds. The van der Waals surface area contributed by atoms with Crippen LogP contribution in [0.2, 0.25) is 4.34 Å². The van der Waals surface area contributed by atoms with Gasteiger partial charge < -0.3 is 36.1 Å². The van der Waals surface area contributed by atoms with Crippen molar-refractivity contribution in [3.05, 3.63) is 51.9 Å². The Morgan fingerprint density at radius 2 is 2.17 bits per heavy atom. The molecule has 18 heteroatoms. The lowest BCUT2D eigenvalue weighted by molar-refractivity contribution is -0.663. The standard InChI is InChI=1S/C23H20ClN7O8S2/c1-9(21(34)35)39-28-14(13-17(24)41-23(25)27-13)18(32)26-15-19(33)31-16(22(36)37)10(8-40-20(15)31)7-29-5-2-3-12-11(29)4-6-30(12)38/h2-6,9,15,20H,7-8H2,1H3,(H5-,25,26,27,32,34,35,36,37,38)/b28-14-/t9-,15+,20+/m0/s1. The maximum absolute atomic E-state index is 13.2. The van der Waals surface area contributed by atoms with Gasteiger partial charge in [0.1, 0.15) is 21.4 Å². The molecule has 0 aliphatic carbocycles. The average Bonchev–Trinajstić information content (AvgIpc) is 3.47. The maximum Gasteiger partial charge on any atom is 0.347 e. The van der Waals surface area contributed by atoms with Gasteiger partial charge in [-0.1, -0.05) is 28.1 Å². The molecule has 0 radical (unpaired) electrons. The molecule has 0 spiro atoms. The normalized spacial score (nSPS) is 19.5. The third-order valence-electron chi connectivity index (χ3n) is 6.29. The van der Waals surface area contributed by atoms with E-state index in [-0.39, 0.29) is 33.2 Å². The number of β-lactam (4-membered cyclic amide) rings is 1. The number of nitrogens with one attached hydrogen (secondary N) is 1. The number of hydrogen-bond acceptors (Lipinski definition) is 12. The van der Waals surface area contributed by atoms with Crippen LogP contribution in [-0.4, -0.2) is 77.7 Å². The van der Waals surface area contributed by atoms with Crippen molar-refractivity contribution in [1.82, 2.24) is 19.9 Å². The second kappa shape index (κ2) is 10.9. The molecule has 5 N–H and O–H groups in total. The van der Waals surface area contributed by atoms with E-state index in [0.717, 1.165) is 21.0 Å². The molecular weight excluding hydrogens is 602 g/mol. The lowest BCUT2D eigenvalue weighted by Crippen LogP contribution is -2.71. The number of oxime groups is 1. The van der Waals surface area contributed by atoms with Gasteiger partial charge in [-0.2, -0.15) is 9.30 Å². The van der Waals surface area contributed by atoms with Gasteiger partial charge in [0.05, 0.1) is 17.9 Å². The summed E-state index contributed by atoms with van der Waals surface area (Å²) in [5.74, 6) is -4.38. The molecule has 1 fully saturated rings. The van der Waals surface area contributed by atoms with E-state index < -0.39 is 47.0 Å². The number of halogens is 1. The van der Waals surface area contributed by atoms with E-state index in [1.54, 1.807) is 29.0 Å². The fraction of sp³-hybridized carbons (Fsp3) is 0.261. The van der Waals surface area contributed by atoms with Crippen LogP contribution in [-0.2, 0) is 30.6 Å². The molecule has 0 aromatic carbocycles. The first kappa shape index (κ1) is 28.2. The minimum absolute atomic E-state index is 0.00546. The molecule has 5 heterocycles. The summed E-state index contributed by atoms with van der Waals surface area (Å²) < 4.78 is 2.65. The number of carboxylic acid groups (broad SMARTS) is 2.